The van der Waals surface area contributed by atoms with Crippen LogP contribution < -0.4 is 20.7 Å². The van der Waals surface area contributed by atoms with Crippen molar-refractivity contribution < 1.29 is 4.74 Å². The lowest BCUT2D eigenvalue weighted by molar-refractivity contribution is 0.414. The van der Waals surface area contributed by atoms with Crippen LogP contribution in [-0.4, -0.2) is 39.8 Å². The number of rotatable bonds is 13. The van der Waals surface area contributed by atoms with Crippen molar-refractivity contribution in [3.05, 3.63) is 29.8 Å². The molecular formula is C18H33N3O. The van der Waals surface area contributed by atoms with Crippen molar-refractivity contribution in [3.63, 3.8) is 0 Å². The molecule has 1 aromatic carbocycles. The minimum absolute atomic E-state index is 0.740. The van der Waals surface area contributed by atoms with Gasteiger partial charge in [-0.3, -0.25) is 0 Å². The maximum atomic E-state index is 5.15. The van der Waals surface area contributed by atoms with Gasteiger partial charge in [-0.05, 0) is 69.2 Å². The highest BCUT2D eigenvalue weighted by molar-refractivity contribution is 5.26. The first-order valence-corrected chi connectivity index (χ1v) is 8.47. The summed E-state index contributed by atoms with van der Waals surface area (Å²) in [4.78, 5) is 0. The zero-order valence-electron chi connectivity index (χ0n) is 14.5. The summed E-state index contributed by atoms with van der Waals surface area (Å²) in [5.41, 5.74) is 1.30. The van der Waals surface area contributed by atoms with Crippen molar-refractivity contribution in [3.8, 4) is 5.75 Å². The molecule has 0 amide bonds. The van der Waals surface area contributed by atoms with Crippen LogP contribution in [0, 0.1) is 5.92 Å². The largest absolute Gasteiger partial charge is 0.497 e. The minimum atomic E-state index is 0.740. The molecule has 4 nitrogen and oxygen atoms in total. The van der Waals surface area contributed by atoms with Crippen LogP contribution in [0.1, 0.15) is 32.3 Å². The maximum Gasteiger partial charge on any atom is 0.118 e. The zero-order valence-corrected chi connectivity index (χ0v) is 14.5. The Morgan fingerprint density at radius 2 is 1.45 bits per heavy atom. The van der Waals surface area contributed by atoms with Crippen LogP contribution in [0.3, 0.4) is 0 Å². The van der Waals surface area contributed by atoms with E-state index >= 15 is 0 Å². The number of nitrogens with one attached hydrogen (secondary N) is 3. The molecular weight excluding hydrogens is 274 g/mol. The van der Waals surface area contributed by atoms with Gasteiger partial charge in [-0.1, -0.05) is 26.0 Å². The molecule has 0 saturated heterocycles. The van der Waals surface area contributed by atoms with Crippen LogP contribution in [0.15, 0.2) is 24.3 Å². The normalized spacial score (nSPS) is 11.1. The van der Waals surface area contributed by atoms with E-state index in [0.29, 0.717) is 0 Å². The molecule has 0 fully saturated rings. The molecule has 0 unspecified atom stereocenters. The van der Waals surface area contributed by atoms with Crippen molar-refractivity contribution in [2.75, 3.05) is 39.8 Å². The van der Waals surface area contributed by atoms with Crippen molar-refractivity contribution in [1.29, 1.82) is 0 Å². The summed E-state index contributed by atoms with van der Waals surface area (Å²) in [7, 11) is 1.70. The van der Waals surface area contributed by atoms with Gasteiger partial charge in [-0.15, -0.1) is 0 Å². The molecule has 0 saturated carbocycles. The summed E-state index contributed by atoms with van der Waals surface area (Å²) in [6.07, 6.45) is 2.36. The second-order valence-electron chi connectivity index (χ2n) is 6.08. The number of benzene rings is 1. The van der Waals surface area contributed by atoms with Gasteiger partial charge >= 0.3 is 0 Å². The molecule has 0 aliphatic carbocycles. The van der Waals surface area contributed by atoms with E-state index in [-0.39, 0.29) is 0 Å². The Morgan fingerprint density at radius 3 is 2.05 bits per heavy atom. The van der Waals surface area contributed by atoms with Gasteiger partial charge in [0.1, 0.15) is 5.75 Å². The van der Waals surface area contributed by atoms with E-state index < -0.39 is 0 Å². The number of hydrogen-bond acceptors (Lipinski definition) is 4. The van der Waals surface area contributed by atoms with Crippen LogP contribution in [0.25, 0.3) is 0 Å². The molecule has 1 rings (SSSR count). The Morgan fingerprint density at radius 1 is 0.864 bits per heavy atom. The van der Waals surface area contributed by atoms with Crippen molar-refractivity contribution in [1.82, 2.24) is 16.0 Å². The Kier molecular flexibility index (Phi) is 10.7. The predicted molar refractivity (Wildman–Crippen MR) is 94.5 cm³/mol. The minimum Gasteiger partial charge on any atom is -0.497 e. The van der Waals surface area contributed by atoms with Crippen LogP contribution >= 0.6 is 0 Å². The Bertz CT molecular complexity index is 365. The zero-order chi connectivity index (χ0) is 16.0. The average molecular weight is 307 g/mol. The molecule has 3 N–H and O–H groups in total. The summed E-state index contributed by atoms with van der Waals surface area (Å²) in [6, 6.07) is 8.22. The summed E-state index contributed by atoms with van der Waals surface area (Å²) >= 11 is 0. The van der Waals surface area contributed by atoms with Gasteiger partial charge in [0.05, 0.1) is 7.11 Å². The molecule has 22 heavy (non-hydrogen) atoms. The smallest absolute Gasteiger partial charge is 0.118 e. The van der Waals surface area contributed by atoms with Gasteiger partial charge in [0.2, 0.25) is 0 Å². The number of methoxy groups -OCH3 is 1. The second kappa shape index (κ2) is 12.4. The van der Waals surface area contributed by atoms with E-state index in [9.17, 15) is 0 Å². The SMILES string of the molecule is COc1ccc(CNCCCNCCCNCC(C)C)cc1. The molecule has 0 heterocycles. The lowest BCUT2D eigenvalue weighted by Crippen LogP contribution is -2.26. The predicted octanol–water partition coefficient (Wildman–Crippen LogP) is 2.40. The van der Waals surface area contributed by atoms with Gasteiger partial charge in [0.25, 0.3) is 0 Å². The van der Waals surface area contributed by atoms with Crippen LogP contribution in [0.4, 0.5) is 0 Å². The summed E-state index contributed by atoms with van der Waals surface area (Å²) in [6.45, 7) is 10.9. The summed E-state index contributed by atoms with van der Waals surface area (Å²) in [5, 5.41) is 10.4. The summed E-state index contributed by atoms with van der Waals surface area (Å²) in [5.74, 6) is 1.65. The standard InChI is InChI=1S/C18H33N3O/c1-16(2)14-20-12-4-10-19-11-5-13-21-15-17-6-8-18(22-3)9-7-17/h6-9,16,19-21H,4-5,10-15H2,1-3H3. The second-order valence-corrected chi connectivity index (χ2v) is 6.08. The van der Waals surface area contributed by atoms with Crippen molar-refractivity contribution in [2.24, 2.45) is 5.92 Å². The molecule has 0 aliphatic heterocycles. The third-order valence-corrected chi connectivity index (χ3v) is 3.45. The van der Waals surface area contributed by atoms with E-state index in [1.54, 1.807) is 7.11 Å². The number of ether oxygens (including phenoxy) is 1. The Hall–Kier alpha value is -1.10. The van der Waals surface area contributed by atoms with E-state index in [1.165, 1.54) is 12.0 Å². The van der Waals surface area contributed by atoms with Gasteiger partial charge in [-0.2, -0.15) is 0 Å². The van der Waals surface area contributed by atoms with Crippen molar-refractivity contribution >= 4 is 0 Å². The quantitative estimate of drug-likeness (QED) is 0.490. The van der Waals surface area contributed by atoms with E-state index in [2.05, 4.69) is 41.9 Å². The van der Waals surface area contributed by atoms with Crippen LogP contribution in [0.5, 0.6) is 5.75 Å². The monoisotopic (exact) mass is 307 g/mol. The lowest BCUT2D eigenvalue weighted by atomic mass is 10.2. The highest BCUT2D eigenvalue weighted by atomic mass is 16.5. The molecule has 0 bridgehead atoms. The molecule has 0 atom stereocenters. The highest BCUT2D eigenvalue weighted by Gasteiger charge is 1.95. The Balaban J connectivity index is 1.87. The number of hydrogen-bond donors (Lipinski definition) is 3. The average Bonchev–Trinajstić information content (AvgIpc) is 2.53. The van der Waals surface area contributed by atoms with E-state index in [1.807, 2.05) is 12.1 Å². The van der Waals surface area contributed by atoms with Gasteiger partial charge < -0.3 is 20.7 Å². The first-order valence-electron chi connectivity index (χ1n) is 8.47. The third kappa shape index (κ3) is 9.77. The molecule has 0 spiro atoms. The van der Waals surface area contributed by atoms with Crippen molar-refractivity contribution in [2.45, 2.75) is 33.2 Å². The topological polar surface area (TPSA) is 45.3 Å². The first-order chi connectivity index (χ1) is 10.7. The summed E-state index contributed by atoms with van der Waals surface area (Å²) < 4.78 is 5.15. The Labute approximate surface area is 136 Å². The van der Waals surface area contributed by atoms with Gasteiger partial charge in [0.15, 0.2) is 0 Å². The molecule has 0 aromatic heterocycles. The van der Waals surface area contributed by atoms with E-state index in [0.717, 1.165) is 57.4 Å². The fraction of sp³-hybridized carbons (Fsp3) is 0.667. The fourth-order valence-electron chi connectivity index (χ4n) is 2.17. The molecule has 4 heteroatoms. The van der Waals surface area contributed by atoms with Crippen LogP contribution in [-0.2, 0) is 6.54 Å². The molecule has 0 aliphatic rings. The molecule has 0 radical (unpaired) electrons. The van der Waals surface area contributed by atoms with Crippen LogP contribution in [0.2, 0.25) is 0 Å². The molecule has 1 aromatic rings. The van der Waals surface area contributed by atoms with Gasteiger partial charge in [0, 0.05) is 6.54 Å². The first kappa shape index (κ1) is 18.9. The van der Waals surface area contributed by atoms with Gasteiger partial charge in [-0.25, -0.2) is 0 Å². The lowest BCUT2D eigenvalue weighted by Gasteiger charge is -2.09. The third-order valence-electron chi connectivity index (χ3n) is 3.45. The fourth-order valence-corrected chi connectivity index (χ4v) is 2.17. The highest BCUT2D eigenvalue weighted by Crippen LogP contribution is 2.10. The van der Waals surface area contributed by atoms with E-state index in [4.69, 9.17) is 4.74 Å². The maximum absolute atomic E-state index is 5.15. The molecule has 126 valence electrons.